The lowest BCUT2D eigenvalue weighted by molar-refractivity contribution is 1.27. The fraction of sp³-hybridized carbons (Fsp3) is 0.200. The molecule has 1 aromatic rings. The lowest BCUT2D eigenvalue weighted by Crippen LogP contribution is -1.80. The first-order chi connectivity index (χ1) is 5.36. The average molecular weight is 162 g/mol. The topological polar surface area (TPSA) is 0 Å². The molecule has 0 saturated carbocycles. The number of hydrogen-bond acceptors (Lipinski definition) is 1. The molecule has 0 amide bonds. The fourth-order valence-corrected chi connectivity index (χ4v) is 1.38. The summed E-state index contributed by atoms with van der Waals surface area (Å²) < 4.78 is 0. The maximum atomic E-state index is 5.20. The zero-order chi connectivity index (χ0) is 8.10. The first-order valence-corrected chi connectivity index (χ1v) is 4.65. The molecule has 1 rings (SSSR count). The first kappa shape index (κ1) is 8.23. The Balaban J connectivity index is 2.84. The Bertz CT molecular complexity index is 270. The summed E-state index contributed by atoms with van der Waals surface area (Å²) in [6.07, 6.45) is 7.99. The van der Waals surface area contributed by atoms with Gasteiger partial charge in [-0.2, -0.15) is 0 Å². The molecule has 0 unspecified atom stereocenters. The molecule has 0 atom stereocenters. The van der Waals surface area contributed by atoms with Crippen LogP contribution in [0.15, 0.2) is 29.2 Å². The van der Waals surface area contributed by atoms with Crippen LogP contribution in [0.1, 0.15) is 5.56 Å². The van der Waals surface area contributed by atoms with Gasteiger partial charge in [0.05, 0.1) is 0 Å². The van der Waals surface area contributed by atoms with E-state index in [1.807, 2.05) is 6.07 Å². The molecule has 0 spiro atoms. The lowest BCUT2D eigenvalue weighted by atomic mass is 10.2. The van der Waals surface area contributed by atoms with E-state index in [2.05, 4.69) is 30.4 Å². The smallest absolute Gasteiger partial charge is 0.0338 e. The molecule has 1 aromatic carbocycles. The first-order valence-electron chi connectivity index (χ1n) is 3.43. The third kappa shape index (κ3) is 2.32. The highest BCUT2D eigenvalue weighted by molar-refractivity contribution is 7.98. The number of rotatable bonds is 2. The highest BCUT2D eigenvalue weighted by atomic mass is 32.2. The van der Waals surface area contributed by atoms with Crippen LogP contribution >= 0.6 is 11.8 Å². The molecular formula is C10H10S. The highest BCUT2D eigenvalue weighted by Gasteiger charge is 1.91. The number of benzene rings is 1. The monoisotopic (exact) mass is 162 g/mol. The van der Waals surface area contributed by atoms with E-state index in [0.29, 0.717) is 0 Å². The lowest BCUT2D eigenvalue weighted by Gasteiger charge is -1.97. The Hall–Kier alpha value is -0.870. The summed E-state index contributed by atoms with van der Waals surface area (Å²) in [4.78, 5) is 1.28. The van der Waals surface area contributed by atoms with Gasteiger partial charge < -0.3 is 0 Å². The van der Waals surface area contributed by atoms with Gasteiger partial charge in [-0.15, -0.1) is 24.1 Å². The van der Waals surface area contributed by atoms with Crippen LogP contribution in [0, 0.1) is 12.3 Å². The van der Waals surface area contributed by atoms with Crippen molar-refractivity contribution in [2.24, 2.45) is 0 Å². The molecule has 0 aliphatic rings. The third-order valence-corrected chi connectivity index (χ3v) is 2.17. The molecule has 0 saturated heterocycles. The van der Waals surface area contributed by atoms with Crippen molar-refractivity contribution in [3.63, 3.8) is 0 Å². The van der Waals surface area contributed by atoms with E-state index >= 15 is 0 Å². The predicted octanol–water partition coefficient (Wildman–Crippen LogP) is 2.58. The molecule has 11 heavy (non-hydrogen) atoms. The van der Waals surface area contributed by atoms with Gasteiger partial charge in [-0.25, -0.2) is 0 Å². The third-order valence-electron chi connectivity index (χ3n) is 1.44. The van der Waals surface area contributed by atoms with Gasteiger partial charge in [0.15, 0.2) is 0 Å². The van der Waals surface area contributed by atoms with Crippen LogP contribution in [0.4, 0.5) is 0 Å². The van der Waals surface area contributed by atoms with Crippen molar-refractivity contribution in [1.29, 1.82) is 0 Å². The minimum Gasteiger partial charge on any atom is -0.130 e. The Kier molecular flexibility index (Phi) is 3.07. The van der Waals surface area contributed by atoms with Gasteiger partial charge in [0, 0.05) is 11.3 Å². The van der Waals surface area contributed by atoms with Gasteiger partial charge in [0.25, 0.3) is 0 Å². The molecule has 0 bridgehead atoms. The zero-order valence-electron chi connectivity index (χ0n) is 6.50. The summed E-state index contributed by atoms with van der Waals surface area (Å²) in [6.45, 7) is 0. The van der Waals surface area contributed by atoms with Gasteiger partial charge in [0.2, 0.25) is 0 Å². The minimum absolute atomic E-state index is 0.731. The molecule has 0 nitrogen and oxygen atoms in total. The van der Waals surface area contributed by atoms with Crippen LogP contribution in [0.5, 0.6) is 0 Å². The molecular weight excluding hydrogens is 152 g/mol. The van der Waals surface area contributed by atoms with Gasteiger partial charge in [-0.05, 0) is 24.0 Å². The van der Waals surface area contributed by atoms with Crippen molar-refractivity contribution < 1.29 is 0 Å². The summed E-state index contributed by atoms with van der Waals surface area (Å²) in [7, 11) is 0. The van der Waals surface area contributed by atoms with Crippen molar-refractivity contribution in [2.45, 2.75) is 11.3 Å². The van der Waals surface area contributed by atoms with Crippen LogP contribution in [0.2, 0.25) is 0 Å². The Labute approximate surface area is 72.0 Å². The number of thioether (sulfide) groups is 1. The van der Waals surface area contributed by atoms with Crippen molar-refractivity contribution in [3.8, 4) is 12.3 Å². The van der Waals surface area contributed by atoms with Crippen LogP contribution in [0.3, 0.4) is 0 Å². The fourth-order valence-electron chi connectivity index (χ4n) is 0.900. The SMILES string of the molecule is C#CCc1cccc(SC)c1. The Morgan fingerprint density at radius 3 is 3.00 bits per heavy atom. The molecule has 0 aliphatic heterocycles. The largest absolute Gasteiger partial charge is 0.130 e. The zero-order valence-corrected chi connectivity index (χ0v) is 7.32. The van der Waals surface area contributed by atoms with Gasteiger partial charge in [0.1, 0.15) is 0 Å². The maximum Gasteiger partial charge on any atom is 0.0338 e. The second-order valence-electron chi connectivity index (χ2n) is 2.23. The second kappa shape index (κ2) is 4.10. The Morgan fingerprint density at radius 1 is 1.55 bits per heavy atom. The van der Waals surface area contributed by atoms with Gasteiger partial charge >= 0.3 is 0 Å². The van der Waals surface area contributed by atoms with Crippen molar-refractivity contribution in [3.05, 3.63) is 29.8 Å². The summed E-state index contributed by atoms with van der Waals surface area (Å²) in [5.41, 5.74) is 1.22. The molecule has 0 radical (unpaired) electrons. The minimum atomic E-state index is 0.731. The number of hydrogen-bond donors (Lipinski definition) is 0. The van der Waals surface area contributed by atoms with Crippen LogP contribution in [-0.2, 0) is 6.42 Å². The van der Waals surface area contributed by atoms with E-state index in [9.17, 15) is 0 Å². The van der Waals surface area contributed by atoms with E-state index in [0.717, 1.165) is 6.42 Å². The molecule has 1 heteroatoms. The maximum absolute atomic E-state index is 5.20. The quantitative estimate of drug-likeness (QED) is 0.476. The van der Waals surface area contributed by atoms with Crippen molar-refractivity contribution >= 4 is 11.8 Å². The molecule has 0 aromatic heterocycles. The van der Waals surface area contributed by atoms with Crippen LogP contribution < -0.4 is 0 Å². The molecule has 56 valence electrons. The number of terminal acetylenes is 1. The van der Waals surface area contributed by atoms with Crippen molar-refractivity contribution in [2.75, 3.05) is 6.26 Å². The summed E-state index contributed by atoms with van der Waals surface area (Å²) in [6, 6.07) is 8.31. The van der Waals surface area contributed by atoms with Crippen LogP contribution in [-0.4, -0.2) is 6.26 Å². The average Bonchev–Trinajstić information content (AvgIpc) is 2.06. The van der Waals surface area contributed by atoms with E-state index in [4.69, 9.17) is 6.42 Å². The van der Waals surface area contributed by atoms with E-state index < -0.39 is 0 Å². The van der Waals surface area contributed by atoms with E-state index in [1.165, 1.54) is 10.5 Å². The summed E-state index contributed by atoms with van der Waals surface area (Å²) in [5.74, 6) is 2.63. The molecule has 0 N–H and O–H groups in total. The summed E-state index contributed by atoms with van der Waals surface area (Å²) >= 11 is 1.74. The second-order valence-corrected chi connectivity index (χ2v) is 3.11. The highest BCUT2D eigenvalue weighted by Crippen LogP contribution is 2.15. The molecule has 0 heterocycles. The standard InChI is InChI=1S/C10H10S/c1-3-5-9-6-4-7-10(8-9)11-2/h1,4,6-8H,5H2,2H3. The summed E-state index contributed by atoms with van der Waals surface area (Å²) in [5, 5.41) is 0. The molecule has 0 aliphatic carbocycles. The van der Waals surface area contributed by atoms with Crippen LogP contribution in [0.25, 0.3) is 0 Å². The Morgan fingerprint density at radius 2 is 2.36 bits per heavy atom. The van der Waals surface area contributed by atoms with E-state index in [1.54, 1.807) is 11.8 Å². The van der Waals surface area contributed by atoms with Gasteiger partial charge in [-0.3, -0.25) is 0 Å². The predicted molar refractivity (Wildman–Crippen MR) is 50.8 cm³/mol. The van der Waals surface area contributed by atoms with Gasteiger partial charge in [-0.1, -0.05) is 12.1 Å². The van der Waals surface area contributed by atoms with E-state index in [-0.39, 0.29) is 0 Å². The molecule has 0 fully saturated rings. The van der Waals surface area contributed by atoms with Crippen molar-refractivity contribution in [1.82, 2.24) is 0 Å². The normalized spacial score (nSPS) is 9.09.